The topological polar surface area (TPSA) is 46.2 Å². The summed E-state index contributed by atoms with van der Waals surface area (Å²) in [5, 5.41) is 0.162. The first kappa shape index (κ1) is 24.7. The van der Waals surface area contributed by atoms with E-state index in [1.54, 1.807) is 7.11 Å². The zero-order chi connectivity index (χ0) is 22.5. The lowest BCUT2D eigenvalue weighted by molar-refractivity contribution is -0.304. The molecule has 3 aliphatic rings. The monoisotopic (exact) mass is 442 g/mol. The quantitative estimate of drug-likeness (QED) is 0.461. The van der Waals surface area contributed by atoms with Crippen LogP contribution in [0.15, 0.2) is 0 Å². The number of hydrogen-bond donors (Lipinski definition) is 0. The molecule has 176 valence electrons. The molecule has 3 fully saturated rings. The molecule has 4 atom stereocenters. The molecule has 0 amide bonds. The van der Waals surface area contributed by atoms with E-state index < -0.39 is 25.5 Å². The third-order valence-electron chi connectivity index (χ3n) is 8.22. The smallest absolute Gasteiger partial charge is 0.192 e. The van der Waals surface area contributed by atoms with Gasteiger partial charge in [-0.15, -0.1) is 0 Å². The van der Waals surface area contributed by atoms with Gasteiger partial charge in [0, 0.05) is 20.0 Å². The minimum atomic E-state index is -1.90. The lowest BCUT2D eigenvalue weighted by Gasteiger charge is -2.51. The molecule has 2 saturated heterocycles. The van der Waals surface area contributed by atoms with Crippen molar-refractivity contribution in [3.05, 3.63) is 0 Å². The Hall–Kier alpha value is 0.0169. The first-order valence-electron chi connectivity index (χ1n) is 12.0. The van der Waals surface area contributed by atoms with E-state index in [4.69, 9.17) is 23.4 Å². The SMILES string of the molecule is CCCC1(OC)CC[C@@]2(CCCC[C@@]23OC(C)(C)O[C@@H]3CO[Si](C)(C)C(C)(C)C)O1. The molecule has 3 rings (SSSR count). The zero-order valence-electron chi connectivity index (χ0n) is 21.0. The second-order valence-electron chi connectivity index (χ2n) is 11.7. The Bertz CT molecular complexity index is 615. The fraction of sp³-hybridized carbons (Fsp3) is 1.00. The Balaban J connectivity index is 1.92. The van der Waals surface area contributed by atoms with Crippen molar-refractivity contribution < 1.29 is 23.4 Å². The van der Waals surface area contributed by atoms with Gasteiger partial charge in [-0.2, -0.15) is 0 Å². The third kappa shape index (κ3) is 4.17. The largest absolute Gasteiger partial charge is 0.414 e. The Morgan fingerprint density at radius 1 is 1.00 bits per heavy atom. The summed E-state index contributed by atoms with van der Waals surface area (Å²) in [4.78, 5) is 0. The molecule has 2 spiro atoms. The zero-order valence-corrected chi connectivity index (χ0v) is 22.0. The predicted molar refractivity (Wildman–Crippen MR) is 122 cm³/mol. The van der Waals surface area contributed by atoms with E-state index in [1.807, 2.05) is 13.8 Å². The molecule has 5 nitrogen and oxygen atoms in total. The van der Waals surface area contributed by atoms with E-state index in [0.29, 0.717) is 6.61 Å². The summed E-state index contributed by atoms with van der Waals surface area (Å²) >= 11 is 0. The van der Waals surface area contributed by atoms with Gasteiger partial charge >= 0.3 is 0 Å². The van der Waals surface area contributed by atoms with E-state index in [1.165, 1.54) is 0 Å². The third-order valence-corrected chi connectivity index (χ3v) is 12.7. The summed E-state index contributed by atoms with van der Waals surface area (Å²) in [5.41, 5.74) is -0.850. The van der Waals surface area contributed by atoms with Gasteiger partial charge in [-0.05, 0) is 51.2 Å². The molecule has 0 radical (unpaired) electrons. The van der Waals surface area contributed by atoms with Crippen LogP contribution in [0.1, 0.15) is 92.9 Å². The van der Waals surface area contributed by atoms with Crippen molar-refractivity contribution in [3.63, 3.8) is 0 Å². The molecule has 1 unspecified atom stereocenters. The molecular formula is C24H46O5Si. The van der Waals surface area contributed by atoms with Crippen LogP contribution < -0.4 is 0 Å². The van der Waals surface area contributed by atoms with Gasteiger partial charge in [-0.3, -0.25) is 0 Å². The second kappa shape index (κ2) is 8.10. The van der Waals surface area contributed by atoms with Crippen LogP contribution in [0, 0.1) is 0 Å². The Kier molecular flexibility index (Phi) is 6.66. The summed E-state index contributed by atoms with van der Waals surface area (Å²) in [7, 11) is -0.109. The van der Waals surface area contributed by atoms with Crippen molar-refractivity contribution >= 4 is 8.32 Å². The number of rotatable bonds is 6. The highest BCUT2D eigenvalue weighted by Crippen LogP contribution is 2.59. The highest BCUT2D eigenvalue weighted by atomic mass is 28.4. The van der Waals surface area contributed by atoms with Crippen molar-refractivity contribution in [1.29, 1.82) is 0 Å². The molecule has 2 aliphatic heterocycles. The molecule has 1 aliphatic carbocycles. The molecular weight excluding hydrogens is 396 g/mol. The summed E-state index contributed by atoms with van der Waals surface area (Å²) in [5.74, 6) is -1.14. The highest BCUT2D eigenvalue weighted by Gasteiger charge is 2.69. The van der Waals surface area contributed by atoms with E-state index in [0.717, 1.165) is 51.4 Å². The maximum absolute atomic E-state index is 6.96. The normalized spacial score (nSPS) is 39.3. The molecule has 1 saturated carbocycles. The maximum atomic E-state index is 6.96. The minimum Gasteiger partial charge on any atom is -0.414 e. The standard InChI is InChI=1S/C24H46O5Si/c1-10-13-23(25-7)17-16-22(29-23)14-11-12-15-24(22)19(27-21(5,6)28-24)18-26-30(8,9)20(2,3)4/h19H,10-18H2,1-9H3/t19-,22-,23?,24+/m1/s1. The van der Waals surface area contributed by atoms with Crippen LogP contribution in [-0.2, 0) is 23.4 Å². The van der Waals surface area contributed by atoms with Gasteiger partial charge in [0.2, 0.25) is 0 Å². The van der Waals surface area contributed by atoms with Crippen LogP contribution in [-0.4, -0.2) is 50.9 Å². The van der Waals surface area contributed by atoms with Crippen molar-refractivity contribution in [2.75, 3.05) is 13.7 Å². The van der Waals surface area contributed by atoms with Crippen LogP contribution in [0.2, 0.25) is 18.1 Å². The number of hydrogen-bond acceptors (Lipinski definition) is 5. The molecule has 0 aromatic carbocycles. The van der Waals surface area contributed by atoms with E-state index >= 15 is 0 Å². The van der Waals surface area contributed by atoms with Crippen LogP contribution >= 0.6 is 0 Å². The minimum absolute atomic E-state index is 0.129. The second-order valence-corrected chi connectivity index (χ2v) is 16.5. The van der Waals surface area contributed by atoms with Gasteiger partial charge in [-0.25, -0.2) is 0 Å². The first-order chi connectivity index (χ1) is 13.8. The lowest BCUT2D eigenvalue weighted by atomic mass is 9.67. The molecule has 0 bridgehead atoms. The van der Waals surface area contributed by atoms with Gasteiger partial charge in [0.25, 0.3) is 0 Å². The summed E-state index contributed by atoms with van der Waals surface area (Å²) in [6, 6.07) is 0. The number of fused-ring (bicyclic) bond motifs is 1. The van der Waals surface area contributed by atoms with Crippen LogP contribution in [0.5, 0.6) is 0 Å². The lowest BCUT2D eigenvalue weighted by Crippen LogP contribution is -2.64. The highest BCUT2D eigenvalue weighted by molar-refractivity contribution is 6.74. The van der Waals surface area contributed by atoms with Crippen molar-refractivity contribution in [2.45, 2.75) is 140 Å². The Labute approximate surface area is 185 Å². The predicted octanol–water partition coefficient (Wildman–Crippen LogP) is 6.16. The molecule has 0 aromatic rings. The number of methoxy groups -OCH3 is 1. The Morgan fingerprint density at radius 3 is 2.27 bits per heavy atom. The summed E-state index contributed by atoms with van der Waals surface area (Å²) in [6.07, 6.45) is 7.94. The van der Waals surface area contributed by atoms with Crippen LogP contribution in [0.4, 0.5) is 0 Å². The first-order valence-corrected chi connectivity index (χ1v) is 14.9. The van der Waals surface area contributed by atoms with E-state index in [2.05, 4.69) is 40.8 Å². The van der Waals surface area contributed by atoms with Gasteiger partial charge in [0.15, 0.2) is 19.9 Å². The van der Waals surface area contributed by atoms with Gasteiger partial charge in [0.05, 0.1) is 6.61 Å². The van der Waals surface area contributed by atoms with E-state index in [-0.39, 0.29) is 16.7 Å². The molecule has 30 heavy (non-hydrogen) atoms. The fourth-order valence-electron chi connectivity index (χ4n) is 5.60. The van der Waals surface area contributed by atoms with Gasteiger partial charge < -0.3 is 23.4 Å². The molecule has 6 heteroatoms. The van der Waals surface area contributed by atoms with Gasteiger partial charge in [0.1, 0.15) is 17.3 Å². The Morgan fingerprint density at radius 2 is 1.67 bits per heavy atom. The molecule has 2 heterocycles. The van der Waals surface area contributed by atoms with E-state index in [9.17, 15) is 0 Å². The molecule has 0 aromatic heterocycles. The van der Waals surface area contributed by atoms with Crippen LogP contribution in [0.3, 0.4) is 0 Å². The fourth-order valence-corrected chi connectivity index (χ4v) is 6.60. The average molecular weight is 443 g/mol. The number of ether oxygens (including phenoxy) is 4. The summed E-state index contributed by atoms with van der Waals surface area (Å²) in [6.45, 7) is 18.3. The van der Waals surface area contributed by atoms with Crippen molar-refractivity contribution in [1.82, 2.24) is 0 Å². The molecule has 0 N–H and O–H groups in total. The average Bonchev–Trinajstić information content (AvgIpc) is 3.12. The summed E-state index contributed by atoms with van der Waals surface area (Å²) < 4.78 is 33.0. The van der Waals surface area contributed by atoms with Crippen LogP contribution in [0.25, 0.3) is 0 Å². The van der Waals surface area contributed by atoms with Crippen molar-refractivity contribution in [3.8, 4) is 0 Å². The van der Waals surface area contributed by atoms with Gasteiger partial charge in [-0.1, -0.05) is 47.0 Å². The maximum Gasteiger partial charge on any atom is 0.192 e. The van der Waals surface area contributed by atoms with Crippen molar-refractivity contribution in [2.24, 2.45) is 0 Å².